The zero-order valence-corrected chi connectivity index (χ0v) is 25.0. The van der Waals surface area contributed by atoms with Crippen LogP contribution in [-0.2, 0) is 15.6 Å². The summed E-state index contributed by atoms with van der Waals surface area (Å²) < 4.78 is 31.0. The molecule has 3 aliphatic rings. The second kappa shape index (κ2) is 9.88. The molecule has 1 saturated heterocycles. The first kappa shape index (κ1) is 27.0. The quantitative estimate of drug-likeness (QED) is 0.313. The molecule has 12 heteroatoms. The number of aliphatic hydroxyl groups is 1. The molecule has 0 radical (unpaired) electrons. The molecule has 41 heavy (non-hydrogen) atoms. The number of halogens is 1. The molecule has 0 bridgehead atoms. The Morgan fingerprint density at radius 2 is 1.98 bits per heavy atom. The lowest BCUT2D eigenvalue weighted by molar-refractivity contribution is -0.0389. The fraction of sp³-hybridized carbons (Fsp3) is 0.414. The molecule has 2 fully saturated rings. The van der Waals surface area contributed by atoms with Gasteiger partial charge in [-0.3, -0.25) is 4.68 Å². The molecule has 0 aromatic carbocycles. The lowest BCUT2D eigenvalue weighted by Gasteiger charge is -2.35. The Bertz CT molecular complexity index is 1800. The molecule has 1 saturated carbocycles. The minimum atomic E-state index is -4.06. The predicted molar refractivity (Wildman–Crippen MR) is 160 cm³/mol. The number of hydrogen-bond donors (Lipinski definition) is 2. The summed E-state index contributed by atoms with van der Waals surface area (Å²) in [5, 5.41) is 20.6. The zero-order valence-electron chi connectivity index (χ0n) is 22.6. The van der Waals surface area contributed by atoms with Gasteiger partial charge in [-0.1, -0.05) is 17.7 Å². The van der Waals surface area contributed by atoms with Gasteiger partial charge in [0.25, 0.3) is 0 Å². The highest BCUT2D eigenvalue weighted by Gasteiger charge is 2.48. The normalized spacial score (nSPS) is 24.9. The number of aromatic nitrogens is 5. The van der Waals surface area contributed by atoms with Gasteiger partial charge in [0, 0.05) is 46.7 Å². The minimum Gasteiger partial charge on any atom is -0.383 e. The summed E-state index contributed by atoms with van der Waals surface area (Å²) in [6, 6.07) is 3.93. The molecule has 4 aromatic heterocycles. The largest absolute Gasteiger partial charge is 0.383 e. The van der Waals surface area contributed by atoms with Crippen molar-refractivity contribution in [3.63, 3.8) is 0 Å². The molecule has 7 rings (SSSR count). The molecule has 9 nitrogen and oxygen atoms in total. The molecule has 0 amide bonds. The molecule has 2 atom stereocenters. The van der Waals surface area contributed by atoms with Gasteiger partial charge >= 0.3 is 0 Å². The Kier molecular flexibility index (Phi) is 6.51. The fourth-order valence-electron chi connectivity index (χ4n) is 6.23. The van der Waals surface area contributed by atoms with E-state index in [0.29, 0.717) is 33.9 Å². The van der Waals surface area contributed by atoms with Crippen LogP contribution in [-0.4, -0.2) is 55.1 Å². The van der Waals surface area contributed by atoms with E-state index in [2.05, 4.69) is 20.4 Å². The van der Waals surface area contributed by atoms with E-state index >= 15 is 0 Å². The number of pyridine rings is 1. The number of nitrogens with one attached hydrogen (secondary N) is 1. The Hall–Kier alpha value is -2.83. The Morgan fingerprint density at radius 1 is 1.17 bits per heavy atom. The van der Waals surface area contributed by atoms with Crippen LogP contribution in [0.1, 0.15) is 61.6 Å². The van der Waals surface area contributed by atoms with Crippen molar-refractivity contribution in [2.45, 2.75) is 61.3 Å². The molecule has 2 N–H and O–H groups in total. The van der Waals surface area contributed by atoms with Crippen molar-refractivity contribution in [1.82, 2.24) is 29.0 Å². The number of hydrogen-bond acceptors (Lipinski definition) is 8. The van der Waals surface area contributed by atoms with Gasteiger partial charge in [0.1, 0.15) is 15.4 Å². The van der Waals surface area contributed by atoms with Gasteiger partial charge in [0.15, 0.2) is 5.65 Å². The number of nitrogens with zero attached hydrogens (tertiary/aromatic N) is 5. The van der Waals surface area contributed by atoms with Gasteiger partial charge in [-0.05, 0) is 82.0 Å². The van der Waals surface area contributed by atoms with Crippen LogP contribution in [0.15, 0.2) is 66.4 Å². The van der Waals surface area contributed by atoms with Gasteiger partial charge in [-0.25, -0.2) is 22.4 Å². The number of piperidine rings is 1. The SMILES string of the molecule is CC1(S(=O)(=O)n2ccc3c(-c4cnc(C5(O)CCC5)s4)ccnc32)C=C(Cl)C=CC1c1cnn(C2CCNCC2)c1. The highest BCUT2D eigenvalue weighted by atomic mass is 35.5. The van der Waals surface area contributed by atoms with Crippen LogP contribution in [0.2, 0.25) is 0 Å². The third-order valence-electron chi connectivity index (χ3n) is 8.87. The van der Waals surface area contributed by atoms with Crippen molar-refractivity contribution >= 4 is 44.0 Å². The zero-order chi connectivity index (χ0) is 28.4. The third kappa shape index (κ3) is 4.32. The van der Waals surface area contributed by atoms with E-state index in [1.165, 1.54) is 15.3 Å². The summed E-state index contributed by atoms with van der Waals surface area (Å²) in [5.74, 6) is -0.502. The topological polar surface area (TPSA) is 115 Å². The Labute approximate surface area is 247 Å². The Morgan fingerprint density at radius 3 is 2.73 bits per heavy atom. The van der Waals surface area contributed by atoms with E-state index < -0.39 is 26.3 Å². The second-order valence-electron chi connectivity index (χ2n) is 11.4. The second-order valence-corrected chi connectivity index (χ2v) is 15.1. The first-order chi connectivity index (χ1) is 19.7. The maximum Gasteiger partial charge on any atom is 0.250 e. The standard InChI is InChI=1S/C29H31ClN6O3S2/c1-28(15-20(30)3-4-24(28)19-16-34-35(18-19)21-5-11-31-12-6-21)41(38,39)36-14-8-23-22(7-13-32-26(23)36)25-17-33-27(40-25)29(37)9-2-10-29/h3-4,7-8,13-18,21,24,31,37H,2,5-6,9-12H2,1H3. The average Bonchev–Trinajstić information content (AvgIpc) is 3.72. The highest BCUT2D eigenvalue weighted by Crippen LogP contribution is 2.46. The van der Waals surface area contributed by atoms with Gasteiger partial charge in [-0.15, -0.1) is 11.3 Å². The van der Waals surface area contributed by atoms with Crippen LogP contribution in [0.25, 0.3) is 21.5 Å². The van der Waals surface area contributed by atoms with Gasteiger partial charge < -0.3 is 10.4 Å². The summed E-state index contributed by atoms with van der Waals surface area (Å²) in [6.07, 6.45) is 18.3. The monoisotopic (exact) mass is 610 g/mol. The number of allylic oxidation sites excluding steroid dienone is 3. The van der Waals surface area contributed by atoms with Gasteiger partial charge in [0.2, 0.25) is 10.0 Å². The van der Waals surface area contributed by atoms with Crippen molar-refractivity contribution in [1.29, 1.82) is 0 Å². The molecule has 4 aromatic rings. The summed E-state index contributed by atoms with van der Waals surface area (Å²) in [7, 11) is -4.06. The average molecular weight is 611 g/mol. The van der Waals surface area contributed by atoms with Crippen LogP contribution in [0.3, 0.4) is 0 Å². The molecule has 2 unspecified atom stereocenters. The number of rotatable bonds is 6. The van der Waals surface area contributed by atoms with E-state index in [-0.39, 0.29) is 6.04 Å². The van der Waals surface area contributed by atoms with E-state index in [1.54, 1.807) is 49.9 Å². The lowest BCUT2D eigenvalue weighted by atomic mass is 9.81. The smallest absolute Gasteiger partial charge is 0.250 e. The first-order valence-corrected chi connectivity index (χ1v) is 16.5. The van der Waals surface area contributed by atoms with Crippen molar-refractivity contribution in [3.8, 4) is 10.4 Å². The van der Waals surface area contributed by atoms with E-state index in [0.717, 1.165) is 48.4 Å². The molecule has 2 aliphatic carbocycles. The van der Waals surface area contributed by atoms with E-state index in [9.17, 15) is 13.5 Å². The summed E-state index contributed by atoms with van der Waals surface area (Å²) >= 11 is 7.90. The van der Waals surface area contributed by atoms with E-state index in [1.807, 2.05) is 23.0 Å². The first-order valence-electron chi connectivity index (χ1n) is 13.9. The van der Waals surface area contributed by atoms with Crippen molar-refractivity contribution in [2.24, 2.45) is 0 Å². The molecular formula is C29H31ClN6O3S2. The third-order valence-corrected chi connectivity index (χ3v) is 12.6. The lowest BCUT2D eigenvalue weighted by Crippen LogP contribution is -2.43. The fourth-order valence-corrected chi connectivity index (χ4v) is 9.52. The molecule has 5 heterocycles. The van der Waals surface area contributed by atoms with Crippen molar-refractivity contribution in [3.05, 3.63) is 76.9 Å². The molecule has 214 valence electrons. The molecular weight excluding hydrogens is 580 g/mol. The Balaban J connectivity index is 1.28. The van der Waals surface area contributed by atoms with Crippen LogP contribution in [0.5, 0.6) is 0 Å². The van der Waals surface area contributed by atoms with Crippen molar-refractivity contribution in [2.75, 3.05) is 13.1 Å². The highest BCUT2D eigenvalue weighted by molar-refractivity contribution is 7.91. The minimum absolute atomic E-state index is 0.285. The van der Waals surface area contributed by atoms with Gasteiger partial charge in [-0.2, -0.15) is 5.10 Å². The van der Waals surface area contributed by atoms with Crippen molar-refractivity contribution < 1.29 is 13.5 Å². The summed E-state index contributed by atoms with van der Waals surface area (Å²) in [5.41, 5.74) is 1.14. The number of thiazole rings is 1. The van der Waals surface area contributed by atoms with Crippen LogP contribution in [0.4, 0.5) is 0 Å². The molecule has 1 aliphatic heterocycles. The predicted octanol–water partition coefficient (Wildman–Crippen LogP) is 5.07. The maximum absolute atomic E-state index is 14.6. The van der Waals surface area contributed by atoms with Crippen LogP contribution < -0.4 is 5.32 Å². The van der Waals surface area contributed by atoms with Crippen LogP contribution in [0, 0.1) is 0 Å². The molecule has 0 spiro atoms. The summed E-state index contributed by atoms with van der Waals surface area (Å²) in [4.78, 5) is 9.87. The summed E-state index contributed by atoms with van der Waals surface area (Å²) in [6.45, 7) is 3.59. The maximum atomic E-state index is 14.6. The number of fused-ring (bicyclic) bond motifs is 1. The van der Waals surface area contributed by atoms with Gasteiger partial charge in [0.05, 0.1) is 17.1 Å². The van der Waals surface area contributed by atoms with E-state index in [4.69, 9.17) is 11.6 Å². The van der Waals surface area contributed by atoms with Crippen LogP contribution >= 0.6 is 22.9 Å².